The molecule has 28 heavy (non-hydrogen) atoms. The van der Waals surface area contributed by atoms with Crippen molar-refractivity contribution in [3.63, 3.8) is 0 Å². The van der Waals surface area contributed by atoms with Gasteiger partial charge in [0.15, 0.2) is 0 Å². The third-order valence-electron chi connectivity index (χ3n) is 4.41. The van der Waals surface area contributed by atoms with Gasteiger partial charge < -0.3 is 10.6 Å². The number of carbonyl (C=O) groups is 2. The van der Waals surface area contributed by atoms with Crippen LogP contribution in [0.25, 0.3) is 0 Å². The fourth-order valence-electron chi connectivity index (χ4n) is 2.69. The van der Waals surface area contributed by atoms with Gasteiger partial charge in [0.05, 0.1) is 0 Å². The van der Waals surface area contributed by atoms with Crippen LogP contribution in [-0.2, 0) is 0 Å². The largest absolute Gasteiger partial charge is 0.322 e. The summed E-state index contributed by atoms with van der Waals surface area (Å²) in [5.41, 5.74) is 4.60. The second-order valence-corrected chi connectivity index (χ2v) is 6.98. The van der Waals surface area contributed by atoms with Gasteiger partial charge in [0.25, 0.3) is 11.8 Å². The Morgan fingerprint density at radius 3 is 2.43 bits per heavy atom. The first-order valence-electron chi connectivity index (χ1n) is 8.76. The first-order chi connectivity index (χ1) is 13.3. The number of nitrogens with zero attached hydrogens (tertiary/aromatic N) is 1. The minimum Gasteiger partial charge on any atom is -0.322 e. The van der Waals surface area contributed by atoms with Crippen molar-refractivity contribution in [1.82, 2.24) is 4.98 Å². The van der Waals surface area contributed by atoms with Crippen LogP contribution in [0.3, 0.4) is 0 Å². The molecule has 5 nitrogen and oxygen atoms in total. The van der Waals surface area contributed by atoms with Gasteiger partial charge in [-0.05, 0) is 67.8 Å². The van der Waals surface area contributed by atoms with Gasteiger partial charge in [0.2, 0.25) is 0 Å². The van der Waals surface area contributed by atoms with Crippen LogP contribution >= 0.6 is 11.6 Å². The highest BCUT2D eigenvalue weighted by Gasteiger charge is 2.14. The summed E-state index contributed by atoms with van der Waals surface area (Å²) >= 11 is 6.10. The standard InChI is InChI=1S/C22H20ClN3O2/c1-13-7-8-14(2)19(11-13)26-22(28)20-12-16(9-10-24-20)21(27)25-18-6-4-5-17(23)15(18)3/h4-12H,1-3H3,(H,25,27)(H,26,28). The smallest absolute Gasteiger partial charge is 0.274 e. The van der Waals surface area contributed by atoms with Crippen LogP contribution in [0.15, 0.2) is 54.7 Å². The Balaban J connectivity index is 1.79. The Morgan fingerprint density at radius 1 is 0.893 bits per heavy atom. The third kappa shape index (κ3) is 4.38. The quantitative estimate of drug-likeness (QED) is 0.642. The van der Waals surface area contributed by atoms with E-state index in [0.29, 0.717) is 16.3 Å². The molecule has 0 spiro atoms. The van der Waals surface area contributed by atoms with Gasteiger partial charge in [-0.25, -0.2) is 0 Å². The van der Waals surface area contributed by atoms with Crippen LogP contribution in [0, 0.1) is 20.8 Å². The highest BCUT2D eigenvalue weighted by atomic mass is 35.5. The molecule has 2 amide bonds. The highest BCUT2D eigenvalue weighted by Crippen LogP contribution is 2.23. The normalized spacial score (nSPS) is 10.4. The molecule has 0 aliphatic rings. The molecule has 1 aromatic heterocycles. The van der Waals surface area contributed by atoms with Crippen LogP contribution in [0.2, 0.25) is 5.02 Å². The van der Waals surface area contributed by atoms with Gasteiger partial charge >= 0.3 is 0 Å². The Kier molecular flexibility index (Phi) is 5.76. The monoisotopic (exact) mass is 393 g/mol. The van der Waals surface area contributed by atoms with Crippen LogP contribution < -0.4 is 10.6 Å². The van der Waals surface area contributed by atoms with E-state index in [0.717, 1.165) is 22.4 Å². The van der Waals surface area contributed by atoms with Crippen molar-refractivity contribution in [3.8, 4) is 0 Å². The Bertz CT molecular complexity index is 1030. The summed E-state index contributed by atoms with van der Waals surface area (Å²) in [6, 6.07) is 14.1. The van der Waals surface area contributed by atoms with E-state index in [1.165, 1.54) is 12.3 Å². The molecule has 0 unspecified atom stereocenters. The Morgan fingerprint density at radius 2 is 1.64 bits per heavy atom. The summed E-state index contributed by atoms with van der Waals surface area (Å²) in [6.07, 6.45) is 1.44. The molecule has 0 bridgehead atoms. The Hall–Kier alpha value is -3.18. The maximum absolute atomic E-state index is 12.6. The first kappa shape index (κ1) is 19.6. The number of hydrogen-bond donors (Lipinski definition) is 2. The van der Waals surface area contributed by atoms with Crippen molar-refractivity contribution in [2.24, 2.45) is 0 Å². The predicted molar refractivity (Wildman–Crippen MR) is 112 cm³/mol. The van der Waals surface area contributed by atoms with Gasteiger partial charge in [-0.2, -0.15) is 0 Å². The molecule has 0 saturated heterocycles. The van der Waals surface area contributed by atoms with Crippen LogP contribution in [0.4, 0.5) is 11.4 Å². The van der Waals surface area contributed by atoms with Crippen molar-refractivity contribution in [2.45, 2.75) is 20.8 Å². The number of aryl methyl sites for hydroxylation is 2. The number of carbonyl (C=O) groups excluding carboxylic acids is 2. The van der Waals surface area contributed by atoms with E-state index in [2.05, 4.69) is 15.6 Å². The number of aromatic nitrogens is 1. The lowest BCUT2D eigenvalue weighted by atomic mass is 10.1. The molecule has 0 atom stereocenters. The molecule has 0 fully saturated rings. The number of halogens is 1. The molecule has 0 radical (unpaired) electrons. The zero-order valence-electron chi connectivity index (χ0n) is 15.8. The molecule has 0 aliphatic heterocycles. The second kappa shape index (κ2) is 8.23. The molecule has 3 rings (SSSR count). The highest BCUT2D eigenvalue weighted by molar-refractivity contribution is 6.31. The molecule has 1 heterocycles. The summed E-state index contributed by atoms with van der Waals surface area (Å²) in [5, 5.41) is 6.24. The second-order valence-electron chi connectivity index (χ2n) is 6.57. The lowest BCUT2D eigenvalue weighted by molar-refractivity contribution is 0.102. The van der Waals surface area contributed by atoms with Crippen LogP contribution in [-0.4, -0.2) is 16.8 Å². The third-order valence-corrected chi connectivity index (χ3v) is 4.82. The van der Waals surface area contributed by atoms with E-state index in [1.807, 2.05) is 39.0 Å². The maximum atomic E-state index is 12.6. The SMILES string of the molecule is Cc1ccc(C)c(NC(=O)c2cc(C(=O)Nc3cccc(Cl)c3C)ccn2)c1. The molecular weight excluding hydrogens is 374 g/mol. The van der Waals surface area contributed by atoms with Gasteiger partial charge in [-0.3, -0.25) is 14.6 Å². The summed E-state index contributed by atoms with van der Waals surface area (Å²) in [5.74, 6) is -0.712. The number of hydrogen-bond acceptors (Lipinski definition) is 3. The van der Waals surface area contributed by atoms with E-state index in [-0.39, 0.29) is 17.5 Å². The molecule has 2 aromatic carbocycles. The van der Waals surface area contributed by atoms with E-state index in [9.17, 15) is 9.59 Å². The maximum Gasteiger partial charge on any atom is 0.274 e. The summed E-state index contributed by atoms with van der Waals surface area (Å²) in [7, 11) is 0. The molecule has 6 heteroatoms. The number of benzene rings is 2. The zero-order valence-corrected chi connectivity index (χ0v) is 16.6. The minimum atomic E-state index is -0.373. The van der Waals surface area contributed by atoms with Crippen LogP contribution in [0.1, 0.15) is 37.5 Å². The lowest BCUT2D eigenvalue weighted by Gasteiger charge is -2.11. The molecule has 2 N–H and O–H groups in total. The van der Waals surface area contributed by atoms with Crippen molar-refractivity contribution < 1.29 is 9.59 Å². The topological polar surface area (TPSA) is 71.1 Å². The van der Waals surface area contributed by atoms with Crippen molar-refractivity contribution >= 4 is 34.8 Å². The first-order valence-corrected chi connectivity index (χ1v) is 9.14. The van der Waals surface area contributed by atoms with Crippen LogP contribution in [0.5, 0.6) is 0 Å². The van der Waals surface area contributed by atoms with Gasteiger partial charge in [-0.1, -0.05) is 29.8 Å². The van der Waals surface area contributed by atoms with Gasteiger partial charge in [-0.15, -0.1) is 0 Å². The summed E-state index contributed by atoms with van der Waals surface area (Å²) < 4.78 is 0. The molecular formula is C22H20ClN3O2. The molecule has 3 aromatic rings. The average Bonchev–Trinajstić information content (AvgIpc) is 2.68. The summed E-state index contributed by atoms with van der Waals surface area (Å²) in [4.78, 5) is 29.3. The summed E-state index contributed by atoms with van der Waals surface area (Å²) in [6.45, 7) is 5.70. The van der Waals surface area contributed by atoms with Crippen molar-refractivity contribution in [1.29, 1.82) is 0 Å². The van der Waals surface area contributed by atoms with Crippen molar-refractivity contribution in [3.05, 3.63) is 87.7 Å². The molecule has 0 aliphatic carbocycles. The molecule has 142 valence electrons. The average molecular weight is 394 g/mol. The molecule has 0 saturated carbocycles. The fourth-order valence-corrected chi connectivity index (χ4v) is 2.86. The number of rotatable bonds is 4. The minimum absolute atomic E-state index is 0.163. The number of amides is 2. The van der Waals surface area contributed by atoms with E-state index in [1.54, 1.807) is 24.3 Å². The predicted octanol–water partition coefficient (Wildman–Crippen LogP) is 5.16. The van der Waals surface area contributed by atoms with E-state index < -0.39 is 0 Å². The number of anilines is 2. The van der Waals surface area contributed by atoms with E-state index in [4.69, 9.17) is 11.6 Å². The van der Waals surface area contributed by atoms with E-state index >= 15 is 0 Å². The van der Waals surface area contributed by atoms with Crippen molar-refractivity contribution in [2.75, 3.05) is 10.6 Å². The zero-order chi connectivity index (χ0) is 20.3. The number of pyridine rings is 1. The number of nitrogens with one attached hydrogen (secondary N) is 2. The van der Waals surface area contributed by atoms with Gasteiger partial charge in [0, 0.05) is 28.2 Å². The lowest BCUT2D eigenvalue weighted by Crippen LogP contribution is -2.17. The van der Waals surface area contributed by atoms with Gasteiger partial charge in [0.1, 0.15) is 5.69 Å². The Labute approximate surface area is 168 Å². The fraction of sp³-hybridized carbons (Fsp3) is 0.136.